The average molecular weight is 396 g/mol. The summed E-state index contributed by atoms with van der Waals surface area (Å²) >= 11 is 0. The highest BCUT2D eigenvalue weighted by molar-refractivity contribution is 5.93. The maximum Gasteiger partial charge on any atom is 0.274 e. The van der Waals surface area contributed by atoms with Crippen molar-refractivity contribution in [1.29, 1.82) is 0 Å². The molecule has 1 fully saturated rings. The number of amides is 2. The van der Waals surface area contributed by atoms with Crippen molar-refractivity contribution in [3.63, 3.8) is 0 Å². The molecule has 2 aromatic carbocycles. The van der Waals surface area contributed by atoms with E-state index in [0.717, 1.165) is 24.0 Å². The van der Waals surface area contributed by atoms with Gasteiger partial charge < -0.3 is 14.4 Å². The maximum atomic E-state index is 13.4. The van der Waals surface area contributed by atoms with Gasteiger partial charge in [-0.25, -0.2) is 5.48 Å². The van der Waals surface area contributed by atoms with E-state index in [1.54, 1.807) is 23.7 Å². The zero-order valence-corrected chi connectivity index (χ0v) is 16.0. The van der Waals surface area contributed by atoms with E-state index in [9.17, 15) is 9.59 Å². The average Bonchev–Trinajstić information content (AvgIpc) is 2.98. The number of ether oxygens (including phenoxy) is 2. The van der Waals surface area contributed by atoms with E-state index < -0.39 is 5.91 Å². The predicted molar refractivity (Wildman–Crippen MR) is 104 cm³/mol. The van der Waals surface area contributed by atoms with Gasteiger partial charge in [0, 0.05) is 30.3 Å². The van der Waals surface area contributed by atoms with Crippen molar-refractivity contribution < 1.29 is 24.3 Å². The summed E-state index contributed by atoms with van der Waals surface area (Å²) in [5.74, 6) is -0.00330. The van der Waals surface area contributed by atoms with Gasteiger partial charge in [-0.2, -0.15) is 0 Å². The highest BCUT2D eigenvalue weighted by Gasteiger charge is 2.34. The van der Waals surface area contributed by atoms with Crippen LogP contribution in [0.2, 0.25) is 0 Å². The minimum atomic E-state index is -0.601. The summed E-state index contributed by atoms with van der Waals surface area (Å²) < 4.78 is 11.5. The van der Waals surface area contributed by atoms with Crippen molar-refractivity contribution in [3.8, 4) is 5.75 Å². The van der Waals surface area contributed by atoms with Gasteiger partial charge in [0.25, 0.3) is 5.91 Å². The molecule has 0 saturated carbocycles. The molecule has 1 saturated heterocycles. The van der Waals surface area contributed by atoms with Gasteiger partial charge >= 0.3 is 0 Å². The topological polar surface area (TPSA) is 88.1 Å². The van der Waals surface area contributed by atoms with Gasteiger partial charge in [-0.05, 0) is 30.5 Å². The third kappa shape index (κ3) is 4.11. The van der Waals surface area contributed by atoms with Crippen LogP contribution in [0.1, 0.15) is 40.4 Å². The standard InChI is InChI=1S/C22H24N2O5/c25-21(23-27)17-6-7-18-13-24(22(26)16-8-10-28-11-9-16)19(14-29-20(18)12-17)15-4-2-1-3-5-15/h1-7,12,16,19,27H,8-11,13-14H2,(H,23,25)/t19-/m1/s1. The van der Waals surface area contributed by atoms with E-state index in [1.807, 2.05) is 35.2 Å². The Morgan fingerprint density at radius 2 is 1.83 bits per heavy atom. The van der Waals surface area contributed by atoms with Gasteiger partial charge in [0.2, 0.25) is 5.91 Å². The van der Waals surface area contributed by atoms with Crippen molar-refractivity contribution in [3.05, 3.63) is 65.2 Å². The lowest BCUT2D eigenvalue weighted by Crippen LogP contribution is -2.41. The van der Waals surface area contributed by atoms with Gasteiger partial charge in [0.1, 0.15) is 12.4 Å². The minimum Gasteiger partial charge on any atom is -0.491 e. The van der Waals surface area contributed by atoms with E-state index in [-0.39, 0.29) is 24.5 Å². The lowest BCUT2D eigenvalue weighted by atomic mass is 9.96. The quantitative estimate of drug-likeness (QED) is 0.615. The number of carbonyl (C=O) groups is 2. The zero-order chi connectivity index (χ0) is 20.2. The third-order valence-corrected chi connectivity index (χ3v) is 5.58. The van der Waals surface area contributed by atoms with E-state index in [4.69, 9.17) is 14.7 Å². The number of nitrogens with zero attached hydrogens (tertiary/aromatic N) is 1. The summed E-state index contributed by atoms with van der Waals surface area (Å²) in [6, 6.07) is 14.6. The van der Waals surface area contributed by atoms with Crippen LogP contribution in [0.15, 0.2) is 48.5 Å². The predicted octanol–water partition coefficient (Wildman–Crippen LogP) is 2.69. The Morgan fingerprint density at radius 3 is 2.55 bits per heavy atom. The number of rotatable bonds is 3. The lowest BCUT2D eigenvalue weighted by molar-refractivity contribution is -0.142. The molecule has 152 valence electrons. The number of benzene rings is 2. The highest BCUT2D eigenvalue weighted by Crippen LogP contribution is 2.34. The second-order valence-electron chi connectivity index (χ2n) is 7.35. The first-order chi connectivity index (χ1) is 14.2. The first kappa shape index (κ1) is 19.4. The Balaban J connectivity index is 1.68. The van der Waals surface area contributed by atoms with Gasteiger partial charge in [0.15, 0.2) is 0 Å². The number of hydrogen-bond acceptors (Lipinski definition) is 5. The molecule has 0 spiro atoms. The third-order valence-electron chi connectivity index (χ3n) is 5.58. The summed E-state index contributed by atoms with van der Waals surface area (Å²) in [5.41, 5.74) is 3.78. The molecule has 7 heteroatoms. The smallest absolute Gasteiger partial charge is 0.274 e. The summed E-state index contributed by atoms with van der Waals surface area (Å²) in [6.45, 7) is 1.89. The number of carbonyl (C=O) groups excluding carboxylic acids is 2. The maximum absolute atomic E-state index is 13.4. The van der Waals surface area contributed by atoms with Crippen LogP contribution in [0.3, 0.4) is 0 Å². The largest absolute Gasteiger partial charge is 0.491 e. The van der Waals surface area contributed by atoms with Crippen molar-refractivity contribution in [2.45, 2.75) is 25.4 Å². The SMILES string of the molecule is O=C(NO)c1ccc2c(c1)OC[C@H](c1ccccc1)N(C(=O)C1CCOCC1)C2. The second-order valence-corrected chi connectivity index (χ2v) is 7.35. The van der Waals surface area contributed by atoms with Crippen LogP contribution in [0.4, 0.5) is 0 Å². The van der Waals surface area contributed by atoms with Gasteiger partial charge in [-0.3, -0.25) is 14.8 Å². The van der Waals surface area contributed by atoms with Crippen molar-refractivity contribution >= 4 is 11.8 Å². The van der Waals surface area contributed by atoms with Crippen LogP contribution in [-0.4, -0.2) is 41.7 Å². The molecule has 4 rings (SSSR count). The normalized spacial score (nSPS) is 19.6. The van der Waals surface area contributed by atoms with Crippen molar-refractivity contribution in [2.24, 2.45) is 5.92 Å². The fourth-order valence-corrected chi connectivity index (χ4v) is 3.94. The number of fused-ring (bicyclic) bond motifs is 1. The van der Waals surface area contributed by atoms with Crippen LogP contribution in [0.25, 0.3) is 0 Å². The molecule has 2 N–H and O–H groups in total. The molecule has 0 aliphatic carbocycles. The first-order valence-electron chi connectivity index (χ1n) is 9.80. The van der Waals surface area contributed by atoms with E-state index >= 15 is 0 Å². The molecule has 0 unspecified atom stereocenters. The van der Waals surface area contributed by atoms with E-state index in [2.05, 4.69) is 0 Å². The monoisotopic (exact) mass is 396 g/mol. The lowest BCUT2D eigenvalue weighted by Gasteiger charge is -2.34. The Kier molecular flexibility index (Phi) is 5.78. The molecule has 7 nitrogen and oxygen atoms in total. The van der Waals surface area contributed by atoms with Crippen LogP contribution >= 0.6 is 0 Å². The first-order valence-corrected chi connectivity index (χ1v) is 9.80. The van der Waals surface area contributed by atoms with Crippen LogP contribution in [0.5, 0.6) is 5.75 Å². The second kappa shape index (κ2) is 8.63. The molecule has 0 aromatic heterocycles. The van der Waals surface area contributed by atoms with Gasteiger partial charge in [-0.15, -0.1) is 0 Å². The van der Waals surface area contributed by atoms with Crippen LogP contribution in [-0.2, 0) is 16.1 Å². The molecular weight excluding hydrogens is 372 g/mol. The minimum absolute atomic E-state index is 0.0593. The molecule has 0 bridgehead atoms. The summed E-state index contributed by atoms with van der Waals surface area (Å²) in [4.78, 5) is 27.1. The number of nitrogens with one attached hydrogen (secondary N) is 1. The molecule has 29 heavy (non-hydrogen) atoms. The van der Waals surface area contributed by atoms with Crippen molar-refractivity contribution in [1.82, 2.24) is 10.4 Å². The molecular formula is C22H24N2O5. The van der Waals surface area contributed by atoms with Gasteiger partial charge in [-0.1, -0.05) is 36.4 Å². The summed E-state index contributed by atoms with van der Waals surface area (Å²) in [7, 11) is 0. The summed E-state index contributed by atoms with van der Waals surface area (Å²) in [6.07, 6.45) is 1.44. The molecule has 2 aliphatic heterocycles. The Hall–Kier alpha value is -2.90. The molecule has 2 aromatic rings. The van der Waals surface area contributed by atoms with Crippen LogP contribution < -0.4 is 10.2 Å². The molecule has 2 heterocycles. The fourth-order valence-electron chi connectivity index (χ4n) is 3.94. The molecule has 0 radical (unpaired) electrons. The molecule has 2 amide bonds. The highest BCUT2D eigenvalue weighted by atomic mass is 16.5. The molecule has 2 aliphatic rings. The fraction of sp³-hybridized carbons (Fsp3) is 0.364. The zero-order valence-electron chi connectivity index (χ0n) is 16.0. The summed E-state index contributed by atoms with van der Waals surface area (Å²) in [5, 5.41) is 8.89. The molecule has 1 atom stereocenters. The number of hydrogen-bond donors (Lipinski definition) is 2. The van der Waals surface area contributed by atoms with Gasteiger partial charge in [0.05, 0.1) is 12.6 Å². The Labute approximate surface area is 169 Å². The van der Waals surface area contributed by atoms with E-state index in [1.165, 1.54) is 0 Å². The Bertz CT molecular complexity index is 880. The van der Waals surface area contributed by atoms with E-state index in [0.29, 0.717) is 31.1 Å². The van der Waals surface area contributed by atoms with Crippen molar-refractivity contribution in [2.75, 3.05) is 19.8 Å². The van der Waals surface area contributed by atoms with Crippen LogP contribution in [0, 0.1) is 5.92 Å². The Morgan fingerprint density at radius 1 is 1.07 bits per heavy atom. The number of hydroxylamine groups is 1.